The number of ether oxygens (including phenoxy) is 1. The van der Waals surface area contributed by atoms with Crippen LogP contribution in [0.5, 0.6) is 0 Å². The fraction of sp³-hybridized carbons (Fsp3) is 0.300. The Morgan fingerprint density at radius 1 is 1.23 bits per heavy atom. The van der Waals surface area contributed by atoms with Crippen molar-refractivity contribution in [3.63, 3.8) is 0 Å². The first kappa shape index (κ1) is 22.9. The number of esters is 1. The fourth-order valence-corrected chi connectivity index (χ4v) is 3.80. The summed E-state index contributed by atoms with van der Waals surface area (Å²) in [6.07, 6.45) is 4.71. The zero-order valence-electron chi connectivity index (χ0n) is 16.5. The maximum absolute atomic E-state index is 12.6. The second kappa shape index (κ2) is 11.0. The number of allylic oxidation sites excluding steroid dienone is 1. The van der Waals surface area contributed by atoms with Crippen molar-refractivity contribution in [2.75, 3.05) is 11.9 Å². The summed E-state index contributed by atoms with van der Waals surface area (Å²) >= 11 is 1.64. The van der Waals surface area contributed by atoms with Crippen LogP contribution in [0.1, 0.15) is 43.0 Å². The molecule has 160 valence electrons. The van der Waals surface area contributed by atoms with E-state index in [2.05, 4.69) is 28.5 Å². The summed E-state index contributed by atoms with van der Waals surface area (Å²) in [5, 5.41) is 28.1. The van der Waals surface area contributed by atoms with Gasteiger partial charge in [-0.3, -0.25) is 5.10 Å². The van der Waals surface area contributed by atoms with Crippen molar-refractivity contribution in [2.45, 2.75) is 32.6 Å². The highest BCUT2D eigenvalue weighted by Crippen LogP contribution is 2.43. The number of nitrogens with one attached hydrogen (secondary N) is 2. The zero-order chi connectivity index (χ0) is 22.1. The Hall–Kier alpha value is -3.40. The number of hydrogen-bond donors (Lipinski definition) is 4. The molecule has 2 aromatic heterocycles. The number of carboxylic acid groups (broad SMARTS) is 2. The maximum atomic E-state index is 12.6. The molecule has 4 N–H and O–H groups in total. The van der Waals surface area contributed by atoms with Gasteiger partial charge in [0.1, 0.15) is 0 Å². The quantitative estimate of drug-likeness (QED) is 0.385. The van der Waals surface area contributed by atoms with Gasteiger partial charge < -0.3 is 20.3 Å². The van der Waals surface area contributed by atoms with Crippen LogP contribution in [-0.2, 0) is 19.1 Å². The van der Waals surface area contributed by atoms with Crippen LogP contribution < -0.4 is 5.32 Å². The SMILES string of the molecule is CCCC1=C(C(=O)OCC)C(c2cccs2)c2c[nH]nc2N1.O=C(O)C=CC(=O)O. The van der Waals surface area contributed by atoms with Gasteiger partial charge in [0.15, 0.2) is 5.82 Å². The first-order chi connectivity index (χ1) is 14.4. The molecule has 0 amide bonds. The Kier molecular flexibility index (Phi) is 8.36. The average molecular weight is 433 g/mol. The number of aromatic nitrogens is 2. The van der Waals surface area contributed by atoms with E-state index in [1.165, 1.54) is 0 Å². The van der Waals surface area contributed by atoms with Crippen LogP contribution in [0.4, 0.5) is 5.82 Å². The lowest BCUT2D eigenvalue weighted by molar-refractivity contribution is -0.139. The van der Waals surface area contributed by atoms with Crippen LogP contribution in [0.3, 0.4) is 0 Å². The molecule has 0 saturated carbocycles. The second-order valence-corrected chi connectivity index (χ2v) is 7.11. The Labute approximate surface area is 177 Å². The molecule has 3 rings (SSSR count). The lowest BCUT2D eigenvalue weighted by Gasteiger charge is -2.27. The minimum Gasteiger partial charge on any atom is -0.478 e. The Morgan fingerprint density at radius 2 is 1.93 bits per heavy atom. The molecule has 0 spiro atoms. The molecule has 0 aromatic carbocycles. The normalized spacial score (nSPS) is 15.1. The minimum atomic E-state index is -1.26. The smallest absolute Gasteiger partial charge is 0.336 e. The topological polar surface area (TPSA) is 142 Å². The molecule has 1 atom stereocenters. The van der Waals surface area contributed by atoms with Gasteiger partial charge in [-0.05, 0) is 24.8 Å². The number of fused-ring (bicyclic) bond motifs is 1. The standard InChI is InChI=1S/C16H19N3O2S.C4H4O4/c1-3-6-11-14(16(20)21-4-2)13(12-7-5-8-22-12)10-9-17-19-15(10)18-11;5-3(6)1-2-4(7)8/h5,7-9,13H,3-4,6H2,1-2H3,(H2,17,18,19);1-2H,(H,5,6)(H,7,8). The monoisotopic (exact) mass is 433 g/mol. The Bertz CT molecular complexity index is 930. The van der Waals surface area contributed by atoms with Crippen LogP contribution in [0.25, 0.3) is 0 Å². The summed E-state index contributed by atoms with van der Waals surface area (Å²) in [6, 6.07) is 4.06. The fourth-order valence-electron chi connectivity index (χ4n) is 2.95. The lowest BCUT2D eigenvalue weighted by Crippen LogP contribution is -2.24. The van der Waals surface area contributed by atoms with Crippen molar-refractivity contribution in [1.29, 1.82) is 0 Å². The number of rotatable bonds is 7. The zero-order valence-corrected chi connectivity index (χ0v) is 17.4. The number of carboxylic acids is 2. The van der Waals surface area contributed by atoms with E-state index in [0.29, 0.717) is 24.3 Å². The maximum Gasteiger partial charge on any atom is 0.336 e. The van der Waals surface area contributed by atoms with Crippen molar-refractivity contribution in [3.05, 3.63) is 57.6 Å². The molecule has 10 heteroatoms. The van der Waals surface area contributed by atoms with Gasteiger partial charge in [-0.2, -0.15) is 5.10 Å². The van der Waals surface area contributed by atoms with E-state index in [-0.39, 0.29) is 11.9 Å². The van der Waals surface area contributed by atoms with Crippen LogP contribution in [0, 0.1) is 0 Å². The van der Waals surface area contributed by atoms with Gasteiger partial charge in [0, 0.05) is 34.5 Å². The third kappa shape index (κ3) is 5.80. The Balaban J connectivity index is 0.000000343. The molecule has 0 fully saturated rings. The summed E-state index contributed by atoms with van der Waals surface area (Å²) in [6.45, 7) is 4.30. The van der Waals surface area contributed by atoms with Gasteiger partial charge in [0.05, 0.1) is 18.1 Å². The predicted octanol–water partition coefficient (Wildman–Crippen LogP) is 3.36. The van der Waals surface area contributed by atoms with Gasteiger partial charge in [0.25, 0.3) is 0 Å². The van der Waals surface area contributed by atoms with Crippen molar-refractivity contribution < 1.29 is 29.3 Å². The van der Waals surface area contributed by atoms with Gasteiger partial charge >= 0.3 is 17.9 Å². The van der Waals surface area contributed by atoms with Crippen LogP contribution in [0.15, 0.2) is 47.1 Å². The summed E-state index contributed by atoms with van der Waals surface area (Å²) < 4.78 is 5.32. The highest BCUT2D eigenvalue weighted by molar-refractivity contribution is 7.10. The molecule has 0 saturated heterocycles. The number of H-pyrrole nitrogens is 1. The first-order valence-electron chi connectivity index (χ1n) is 9.27. The molecule has 2 aromatic rings. The molecule has 1 aliphatic rings. The minimum absolute atomic E-state index is 0.115. The summed E-state index contributed by atoms with van der Waals surface area (Å²) in [4.78, 5) is 32.8. The molecule has 1 unspecified atom stereocenters. The molecule has 0 radical (unpaired) electrons. The van der Waals surface area contributed by atoms with Crippen LogP contribution in [-0.4, -0.2) is 44.9 Å². The van der Waals surface area contributed by atoms with Gasteiger partial charge in [-0.1, -0.05) is 19.4 Å². The van der Waals surface area contributed by atoms with E-state index in [1.54, 1.807) is 11.3 Å². The van der Waals surface area contributed by atoms with Gasteiger partial charge in [0.2, 0.25) is 0 Å². The van der Waals surface area contributed by atoms with E-state index in [1.807, 2.05) is 24.6 Å². The number of anilines is 1. The average Bonchev–Trinajstić information content (AvgIpc) is 3.38. The van der Waals surface area contributed by atoms with Gasteiger partial charge in [-0.15, -0.1) is 11.3 Å². The first-order valence-corrected chi connectivity index (χ1v) is 10.1. The number of hydrogen-bond acceptors (Lipinski definition) is 7. The van der Waals surface area contributed by atoms with Crippen LogP contribution >= 0.6 is 11.3 Å². The molecule has 0 bridgehead atoms. The van der Waals surface area contributed by atoms with E-state index in [0.717, 1.165) is 34.8 Å². The third-order valence-electron chi connectivity index (χ3n) is 4.06. The number of aromatic amines is 1. The van der Waals surface area contributed by atoms with Crippen molar-refractivity contribution in [2.24, 2.45) is 0 Å². The summed E-state index contributed by atoms with van der Waals surface area (Å²) in [5.74, 6) is -2.08. The summed E-state index contributed by atoms with van der Waals surface area (Å²) in [7, 11) is 0. The van der Waals surface area contributed by atoms with Crippen molar-refractivity contribution in [3.8, 4) is 0 Å². The molecule has 1 aliphatic heterocycles. The molecular weight excluding hydrogens is 410 g/mol. The molecule has 30 heavy (non-hydrogen) atoms. The Morgan fingerprint density at radius 3 is 2.47 bits per heavy atom. The van der Waals surface area contributed by atoms with Crippen LogP contribution in [0.2, 0.25) is 0 Å². The number of aliphatic carboxylic acids is 2. The third-order valence-corrected chi connectivity index (χ3v) is 4.99. The molecule has 3 heterocycles. The highest BCUT2D eigenvalue weighted by atomic mass is 32.1. The highest BCUT2D eigenvalue weighted by Gasteiger charge is 2.35. The summed E-state index contributed by atoms with van der Waals surface area (Å²) in [5.41, 5.74) is 2.62. The number of carbonyl (C=O) groups is 3. The van der Waals surface area contributed by atoms with Crippen molar-refractivity contribution >= 4 is 35.1 Å². The molecule has 9 nitrogen and oxygen atoms in total. The second-order valence-electron chi connectivity index (χ2n) is 6.14. The van der Waals surface area contributed by atoms with E-state index >= 15 is 0 Å². The number of thiophene rings is 1. The van der Waals surface area contributed by atoms with E-state index in [9.17, 15) is 14.4 Å². The van der Waals surface area contributed by atoms with Gasteiger partial charge in [-0.25, -0.2) is 14.4 Å². The van der Waals surface area contributed by atoms with Crippen molar-refractivity contribution in [1.82, 2.24) is 10.2 Å². The van der Waals surface area contributed by atoms with E-state index < -0.39 is 11.9 Å². The number of carbonyl (C=O) groups excluding carboxylic acids is 1. The largest absolute Gasteiger partial charge is 0.478 e. The molecule has 0 aliphatic carbocycles. The predicted molar refractivity (Wildman–Crippen MR) is 111 cm³/mol. The van der Waals surface area contributed by atoms with E-state index in [4.69, 9.17) is 14.9 Å². The lowest BCUT2D eigenvalue weighted by atomic mass is 9.86. The number of nitrogens with zero attached hydrogens (tertiary/aromatic N) is 1. The molecular formula is C20H23N3O6S.